The number of hydrogen-bond acceptors (Lipinski definition) is 3. The summed E-state index contributed by atoms with van der Waals surface area (Å²) in [5, 5.41) is 5.12. The zero-order valence-corrected chi connectivity index (χ0v) is 15.1. The number of rotatable bonds is 5. The molecule has 1 aliphatic heterocycles. The minimum Gasteiger partial charge on any atom is -0.355 e. The lowest BCUT2D eigenvalue weighted by atomic mass is 10.0. The fourth-order valence-electron chi connectivity index (χ4n) is 3.24. The topological polar surface area (TPSA) is 52.7 Å². The molecule has 0 aromatic heterocycles. The second kappa shape index (κ2) is 8.63. The first-order valence-electron chi connectivity index (χ1n) is 9.11. The van der Waals surface area contributed by atoms with Gasteiger partial charge in [0.2, 0.25) is 11.8 Å². The summed E-state index contributed by atoms with van der Waals surface area (Å²) in [6.45, 7) is 5.72. The van der Waals surface area contributed by atoms with Crippen LogP contribution in [0, 0.1) is 0 Å². The average molecular weight is 351 g/mol. The number of nitrogens with one attached hydrogen (secondary N) is 1. The lowest BCUT2D eigenvalue weighted by Gasteiger charge is -2.33. The van der Waals surface area contributed by atoms with Crippen LogP contribution in [0.1, 0.15) is 12.5 Å². The van der Waals surface area contributed by atoms with Crippen LogP contribution in [0.2, 0.25) is 0 Å². The smallest absolute Gasteiger partial charge is 0.246 e. The van der Waals surface area contributed by atoms with E-state index in [1.807, 2.05) is 42.2 Å². The lowest BCUT2D eigenvalue weighted by molar-refractivity contribution is -0.128. The van der Waals surface area contributed by atoms with E-state index in [2.05, 4.69) is 28.4 Å². The van der Waals surface area contributed by atoms with Gasteiger partial charge in [-0.25, -0.2) is 0 Å². The zero-order valence-electron chi connectivity index (χ0n) is 15.1. The summed E-state index contributed by atoms with van der Waals surface area (Å²) in [5.41, 5.74) is 1.05. The highest BCUT2D eigenvalue weighted by molar-refractivity contribution is 5.96. The van der Waals surface area contributed by atoms with Gasteiger partial charge in [0, 0.05) is 38.8 Å². The van der Waals surface area contributed by atoms with Gasteiger partial charge in [-0.2, -0.15) is 0 Å². The molecule has 3 rings (SSSR count). The lowest BCUT2D eigenvalue weighted by Crippen LogP contribution is -2.50. The highest BCUT2D eigenvalue weighted by Crippen LogP contribution is 2.19. The molecule has 0 saturated carbocycles. The van der Waals surface area contributed by atoms with Crippen molar-refractivity contribution in [1.82, 2.24) is 15.1 Å². The molecule has 2 aromatic rings. The number of amides is 2. The predicted molar refractivity (Wildman–Crippen MR) is 105 cm³/mol. The van der Waals surface area contributed by atoms with E-state index in [9.17, 15) is 9.59 Å². The van der Waals surface area contributed by atoms with Crippen LogP contribution in [-0.2, 0) is 9.59 Å². The maximum atomic E-state index is 12.5. The van der Waals surface area contributed by atoms with Gasteiger partial charge in [0.15, 0.2) is 0 Å². The van der Waals surface area contributed by atoms with Crippen LogP contribution in [0.15, 0.2) is 48.5 Å². The molecule has 2 amide bonds. The summed E-state index contributed by atoms with van der Waals surface area (Å²) in [6, 6.07) is 14.3. The van der Waals surface area contributed by atoms with E-state index in [1.165, 1.54) is 5.39 Å². The molecule has 0 bridgehead atoms. The summed E-state index contributed by atoms with van der Waals surface area (Å²) in [7, 11) is 0. The van der Waals surface area contributed by atoms with Gasteiger partial charge in [-0.1, -0.05) is 42.5 Å². The second-order valence-corrected chi connectivity index (χ2v) is 6.46. The number of hydrogen-bond donors (Lipinski definition) is 1. The number of benzene rings is 2. The fourth-order valence-corrected chi connectivity index (χ4v) is 3.24. The molecule has 26 heavy (non-hydrogen) atoms. The molecular formula is C21H25N3O2. The van der Waals surface area contributed by atoms with Crippen LogP contribution in [0.4, 0.5) is 0 Å². The highest BCUT2D eigenvalue weighted by atomic mass is 16.2. The Hall–Kier alpha value is -2.66. The molecule has 0 atom stereocenters. The quantitative estimate of drug-likeness (QED) is 0.840. The van der Waals surface area contributed by atoms with Gasteiger partial charge in [-0.05, 0) is 29.3 Å². The molecule has 0 aliphatic carbocycles. The van der Waals surface area contributed by atoms with E-state index in [4.69, 9.17) is 0 Å². The molecule has 5 heteroatoms. The van der Waals surface area contributed by atoms with Gasteiger partial charge in [0.1, 0.15) is 0 Å². The van der Waals surface area contributed by atoms with Crippen molar-refractivity contribution in [3.05, 3.63) is 54.1 Å². The third-order valence-electron chi connectivity index (χ3n) is 4.65. The molecule has 1 heterocycles. The van der Waals surface area contributed by atoms with E-state index in [0.717, 1.165) is 24.0 Å². The monoisotopic (exact) mass is 351 g/mol. The number of fused-ring (bicyclic) bond motifs is 1. The van der Waals surface area contributed by atoms with Gasteiger partial charge in [-0.3, -0.25) is 14.5 Å². The van der Waals surface area contributed by atoms with Crippen LogP contribution in [-0.4, -0.2) is 60.9 Å². The molecule has 0 spiro atoms. The van der Waals surface area contributed by atoms with Crippen molar-refractivity contribution in [2.75, 3.05) is 39.3 Å². The van der Waals surface area contributed by atoms with E-state index in [0.29, 0.717) is 26.2 Å². The Bertz CT molecular complexity index is 803. The van der Waals surface area contributed by atoms with Crippen LogP contribution < -0.4 is 5.32 Å². The van der Waals surface area contributed by atoms with Gasteiger partial charge < -0.3 is 10.2 Å². The Balaban J connectivity index is 1.57. The number of carbonyl (C=O) groups excluding carboxylic acids is 2. The van der Waals surface area contributed by atoms with Gasteiger partial charge >= 0.3 is 0 Å². The minimum absolute atomic E-state index is 0.0237. The molecule has 2 aromatic carbocycles. The summed E-state index contributed by atoms with van der Waals surface area (Å²) < 4.78 is 0. The van der Waals surface area contributed by atoms with Crippen molar-refractivity contribution in [1.29, 1.82) is 0 Å². The zero-order chi connectivity index (χ0) is 18.4. The Kier molecular flexibility index (Phi) is 6.02. The fraction of sp³-hybridized carbons (Fsp3) is 0.333. The first-order chi connectivity index (χ1) is 12.7. The molecule has 1 fully saturated rings. The summed E-state index contributed by atoms with van der Waals surface area (Å²) >= 11 is 0. The van der Waals surface area contributed by atoms with Crippen LogP contribution >= 0.6 is 0 Å². The molecule has 1 saturated heterocycles. The van der Waals surface area contributed by atoms with E-state index in [-0.39, 0.29) is 11.8 Å². The van der Waals surface area contributed by atoms with E-state index < -0.39 is 0 Å². The molecule has 5 nitrogen and oxygen atoms in total. The van der Waals surface area contributed by atoms with Gasteiger partial charge in [0.25, 0.3) is 0 Å². The minimum atomic E-state index is 0.0237. The van der Waals surface area contributed by atoms with Crippen LogP contribution in [0.25, 0.3) is 16.8 Å². The molecule has 136 valence electrons. The summed E-state index contributed by atoms with van der Waals surface area (Å²) in [6.07, 6.45) is 3.55. The number of likely N-dealkylation sites (N-methyl/N-ethyl adjacent to an activating group) is 1. The predicted octanol–water partition coefficient (Wildman–Crippen LogP) is 2.13. The molecule has 1 aliphatic rings. The van der Waals surface area contributed by atoms with Crippen molar-refractivity contribution < 1.29 is 9.59 Å². The molecule has 1 N–H and O–H groups in total. The summed E-state index contributed by atoms with van der Waals surface area (Å²) in [4.78, 5) is 28.1. The van der Waals surface area contributed by atoms with Crippen molar-refractivity contribution in [3.63, 3.8) is 0 Å². The van der Waals surface area contributed by atoms with E-state index in [1.54, 1.807) is 6.08 Å². The Labute approximate surface area is 154 Å². The normalized spacial score (nSPS) is 15.5. The van der Waals surface area contributed by atoms with Crippen molar-refractivity contribution >= 4 is 28.7 Å². The average Bonchev–Trinajstić information content (AvgIpc) is 2.67. The first kappa shape index (κ1) is 18.1. The SMILES string of the molecule is CCNC(=O)CN1CCN(C(=O)/C=C/c2cccc3ccccc23)CC1. The number of carbonyl (C=O) groups is 2. The number of piperazine rings is 1. The number of nitrogens with zero attached hydrogens (tertiary/aromatic N) is 2. The second-order valence-electron chi connectivity index (χ2n) is 6.46. The molecule has 0 unspecified atom stereocenters. The van der Waals surface area contributed by atoms with Gasteiger partial charge in [0.05, 0.1) is 6.54 Å². The van der Waals surface area contributed by atoms with Crippen molar-refractivity contribution in [2.45, 2.75) is 6.92 Å². The Morgan fingerprint density at radius 1 is 1.04 bits per heavy atom. The molecular weight excluding hydrogens is 326 g/mol. The summed E-state index contributed by atoms with van der Waals surface area (Å²) in [5.74, 6) is 0.0683. The first-order valence-corrected chi connectivity index (χ1v) is 9.11. The standard InChI is InChI=1S/C21H25N3O2/c1-2-22-20(25)16-23-12-14-24(15-13-23)21(26)11-10-18-8-5-7-17-6-3-4-9-19(17)18/h3-11H,2,12-16H2,1H3,(H,22,25)/b11-10+. The van der Waals surface area contributed by atoms with Crippen LogP contribution in [0.3, 0.4) is 0 Å². The van der Waals surface area contributed by atoms with Crippen LogP contribution in [0.5, 0.6) is 0 Å². The maximum absolute atomic E-state index is 12.5. The Morgan fingerprint density at radius 2 is 1.77 bits per heavy atom. The Morgan fingerprint density at radius 3 is 2.54 bits per heavy atom. The van der Waals surface area contributed by atoms with Crippen molar-refractivity contribution in [3.8, 4) is 0 Å². The third kappa shape index (κ3) is 4.49. The maximum Gasteiger partial charge on any atom is 0.246 e. The van der Waals surface area contributed by atoms with E-state index >= 15 is 0 Å². The highest BCUT2D eigenvalue weighted by Gasteiger charge is 2.20. The van der Waals surface area contributed by atoms with Gasteiger partial charge in [-0.15, -0.1) is 0 Å². The molecule has 0 radical (unpaired) electrons. The van der Waals surface area contributed by atoms with Crippen molar-refractivity contribution in [2.24, 2.45) is 0 Å². The third-order valence-corrected chi connectivity index (χ3v) is 4.65. The largest absolute Gasteiger partial charge is 0.355 e.